The standard InChI is InChI=1S/C16H19NO4/c1-10-7-11(5-6-13(10)17)21-12-8-14(18-2)16(20-4)15(9-12)19-3/h5-9H,17H2,1-4H3. The fourth-order valence-corrected chi connectivity index (χ4v) is 1.96. The van der Waals surface area contributed by atoms with Crippen LogP contribution in [0.2, 0.25) is 0 Å². The lowest BCUT2D eigenvalue weighted by atomic mass is 10.2. The normalized spacial score (nSPS) is 10.1. The van der Waals surface area contributed by atoms with Gasteiger partial charge in [0.2, 0.25) is 5.75 Å². The van der Waals surface area contributed by atoms with E-state index in [2.05, 4.69) is 0 Å². The SMILES string of the molecule is COc1cc(Oc2ccc(N)c(C)c2)cc(OC)c1OC. The second kappa shape index (κ2) is 6.26. The van der Waals surface area contributed by atoms with Gasteiger partial charge in [0.1, 0.15) is 11.5 Å². The first kappa shape index (κ1) is 14.8. The molecule has 0 aliphatic rings. The minimum absolute atomic E-state index is 0.529. The average molecular weight is 289 g/mol. The van der Waals surface area contributed by atoms with E-state index in [0.29, 0.717) is 28.7 Å². The fourth-order valence-electron chi connectivity index (χ4n) is 1.96. The largest absolute Gasteiger partial charge is 0.493 e. The molecule has 5 heteroatoms. The number of methoxy groups -OCH3 is 3. The molecule has 21 heavy (non-hydrogen) atoms. The summed E-state index contributed by atoms with van der Waals surface area (Å²) in [5, 5.41) is 0. The number of hydrogen-bond acceptors (Lipinski definition) is 5. The van der Waals surface area contributed by atoms with Crippen molar-refractivity contribution in [3.8, 4) is 28.7 Å². The van der Waals surface area contributed by atoms with Crippen molar-refractivity contribution in [3.63, 3.8) is 0 Å². The van der Waals surface area contributed by atoms with Crippen molar-refractivity contribution < 1.29 is 18.9 Å². The molecule has 2 N–H and O–H groups in total. The van der Waals surface area contributed by atoms with Crippen molar-refractivity contribution in [3.05, 3.63) is 35.9 Å². The molecule has 0 unspecified atom stereocenters. The Morgan fingerprint density at radius 2 is 1.43 bits per heavy atom. The highest BCUT2D eigenvalue weighted by molar-refractivity contribution is 5.57. The molecule has 5 nitrogen and oxygen atoms in total. The summed E-state index contributed by atoms with van der Waals surface area (Å²) in [4.78, 5) is 0. The van der Waals surface area contributed by atoms with Crippen LogP contribution in [0.4, 0.5) is 5.69 Å². The molecule has 2 aromatic carbocycles. The van der Waals surface area contributed by atoms with Crippen LogP contribution in [-0.2, 0) is 0 Å². The molecule has 0 saturated carbocycles. The minimum atomic E-state index is 0.529. The average Bonchev–Trinajstić information content (AvgIpc) is 2.49. The highest BCUT2D eigenvalue weighted by atomic mass is 16.5. The van der Waals surface area contributed by atoms with Crippen molar-refractivity contribution in [1.29, 1.82) is 0 Å². The van der Waals surface area contributed by atoms with Gasteiger partial charge >= 0.3 is 0 Å². The van der Waals surface area contributed by atoms with Gasteiger partial charge in [-0.05, 0) is 30.7 Å². The number of nitrogens with two attached hydrogens (primary N) is 1. The third-order valence-electron chi connectivity index (χ3n) is 3.12. The first-order valence-electron chi connectivity index (χ1n) is 6.43. The lowest BCUT2D eigenvalue weighted by Crippen LogP contribution is -1.96. The third-order valence-corrected chi connectivity index (χ3v) is 3.12. The maximum Gasteiger partial charge on any atom is 0.203 e. The maximum absolute atomic E-state index is 5.83. The summed E-state index contributed by atoms with van der Waals surface area (Å²) in [6.07, 6.45) is 0. The Hall–Kier alpha value is -2.56. The van der Waals surface area contributed by atoms with E-state index >= 15 is 0 Å². The van der Waals surface area contributed by atoms with Crippen LogP contribution in [0.1, 0.15) is 5.56 Å². The number of rotatable bonds is 5. The van der Waals surface area contributed by atoms with Crippen molar-refractivity contribution in [2.24, 2.45) is 0 Å². The van der Waals surface area contributed by atoms with Gasteiger partial charge in [-0.1, -0.05) is 0 Å². The van der Waals surface area contributed by atoms with Crippen LogP contribution in [0.5, 0.6) is 28.7 Å². The van der Waals surface area contributed by atoms with Gasteiger partial charge in [0.15, 0.2) is 11.5 Å². The van der Waals surface area contributed by atoms with Crippen LogP contribution >= 0.6 is 0 Å². The van der Waals surface area contributed by atoms with Gasteiger partial charge in [0.05, 0.1) is 21.3 Å². The number of anilines is 1. The number of aryl methyl sites for hydroxylation is 1. The van der Waals surface area contributed by atoms with E-state index < -0.39 is 0 Å². The van der Waals surface area contributed by atoms with Crippen LogP contribution in [0, 0.1) is 6.92 Å². The van der Waals surface area contributed by atoms with Gasteiger partial charge in [0.25, 0.3) is 0 Å². The first-order chi connectivity index (χ1) is 10.1. The topological polar surface area (TPSA) is 62.9 Å². The predicted molar refractivity (Wildman–Crippen MR) is 81.8 cm³/mol. The summed E-state index contributed by atoms with van der Waals surface area (Å²) in [6, 6.07) is 8.98. The Morgan fingerprint density at radius 1 is 0.810 bits per heavy atom. The van der Waals surface area contributed by atoms with Crippen molar-refractivity contribution in [2.75, 3.05) is 27.1 Å². The van der Waals surface area contributed by atoms with Gasteiger partial charge in [0, 0.05) is 17.8 Å². The maximum atomic E-state index is 5.83. The van der Waals surface area contributed by atoms with Gasteiger partial charge in [-0.2, -0.15) is 0 Å². The minimum Gasteiger partial charge on any atom is -0.493 e. The zero-order valence-electron chi connectivity index (χ0n) is 12.6. The summed E-state index contributed by atoms with van der Waals surface area (Å²) < 4.78 is 21.7. The van der Waals surface area contributed by atoms with E-state index in [-0.39, 0.29) is 0 Å². The smallest absolute Gasteiger partial charge is 0.203 e. The summed E-state index contributed by atoms with van der Waals surface area (Å²) >= 11 is 0. The lowest BCUT2D eigenvalue weighted by Gasteiger charge is -2.15. The Bertz CT molecular complexity index is 615. The third kappa shape index (κ3) is 3.13. The van der Waals surface area contributed by atoms with Gasteiger partial charge < -0.3 is 24.7 Å². The lowest BCUT2D eigenvalue weighted by molar-refractivity contribution is 0.321. The number of benzene rings is 2. The van der Waals surface area contributed by atoms with Crippen molar-refractivity contribution >= 4 is 5.69 Å². The van der Waals surface area contributed by atoms with Crippen LogP contribution in [0.15, 0.2) is 30.3 Å². The molecule has 0 fully saturated rings. The zero-order chi connectivity index (χ0) is 15.4. The Labute approximate surface area is 124 Å². The molecule has 0 amide bonds. The van der Waals surface area contributed by atoms with Crippen LogP contribution in [0.25, 0.3) is 0 Å². The Kier molecular flexibility index (Phi) is 4.42. The Morgan fingerprint density at radius 3 is 1.90 bits per heavy atom. The quantitative estimate of drug-likeness (QED) is 0.855. The monoisotopic (exact) mass is 289 g/mol. The highest BCUT2D eigenvalue weighted by Crippen LogP contribution is 2.42. The molecule has 2 rings (SSSR count). The second-order valence-electron chi connectivity index (χ2n) is 4.48. The number of hydrogen-bond donors (Lipinski definition) is 1. The molecule has 0 atom stereocenters. The zero-order valence-corrected chi connectivity index (χ0v) is 12.6. The summed E-state index contributed by atoms with van der Waals surface area (Å²) in [6.45, 7) is 1.93. The summed E-state index contributed by atoms with van der Waals surface area (Å²) in [5.41, 5.74) is 7.49. The molecule has 0 aliphatic carbocycles. The predicted octanol–water partition coefficient (Wildman–Crippen LogP) is 3.40. The molecule has 0 heterocycles. The molecule has 0 bridgehead atoms. The molecule has 0 spiro atoms. The van der Waals surface area contributed by atoms with E-state index in [1.165, 1.54) is 0 Å². The van der Waals surface area contributed by atoms with Crippen molar-refractivity contribution in [1.82, 2.24) is 0 Å². The van der Waals surface area contributed by atoms with Crippen molar-refractivity contribution in [2.45, 2.75) is 6.92 Å². The van der Waals surface area contributed by atoms with Gasteiger partial charge in [-0.25, -0.2) is 0 Å². The molecular formula is C16H19NO4. The van der Waals surface area contributed by atoms with Crippen LogP contribution < -0.4 is 24.7 Å². The molecule has 0 radical (unpaired) electrons. The van der Waals surface area contributed by atoms with E-state index in [4.69, 9.17) is 24.7 Å². The van der Waals surface area contributed by atoms with Crippen LogP contribution in [0.3, 0.4) is 0 Å². The second-order valence-corrected chi connectivity index (χ2v) is 4.48. The molecule has 112 valence electrons. The summed E-state index contributed by atoms with van der Waals surface area (Å²) in [7, 11) is 4.69. The first-order valence-corrected chi connectivity index (χ1v) is 6.43. The van der Waals surface area contributed by atoms with Gasteiger partial charge in [-0.15, -0.1) is 0 Å². The highest BCUT2D eigenvalue weighted by Gasteiger charge is 2.14. The van der Waals surface area contributed by atoms with E-state index in [9.17, 15) is 0 Å². The molecule has 0 aromatic heterocycles. The Balaban J connectivity index is 2.37. The molecule has 2 aromatic rings. The van der Waals surface area contributed by atoms with E-state index in [0.717, 1.165) is 11.3 Å². The van der Waals surface area contributed by atoms with E-state index in [1.807, 2.05) is 25.1 Å². The number of ether oxygens (including phenoxy) is 4. The fraction of sp³-hybridized carbons (Fsp3) is 0.250. The molecule has 0 saturated heterocycles. The summed E-state index contributed by atoms with van der Waals surface area (Å²) in [5.74, 6) is 2.89. The van der Waals surface area contributed by atoms with Gasteiger partial charge in [-0.3, -0.25) is 0 Å². The molecular weight excluding hydrogens is 270 g/mol. The van der Waals surface area contributed by atoms with Crippen LogP contribution in [-0.4, -0.2) is 21.3 Å². The molecule has 0 aliphatic heterocycles. The number of nitrogen functional groups attached to an aromatic ring is 1. The van der Waals surface area contributed by atoms with E-state index in [1.54, 1.807) is 33.5 Å².